The van der Waals surface area contributed by atoms with Gasteiger partial charge < -0.3 is 10.3 Å². The van der Waals surface area contributed by atoms with Gasteiger partial charge in [-0.05, 0) is 30.9 Å². The molecule has 0 radical (unpaired) electrons. The Morgan fingerprint density at radius 1 is 1.35 bits per heavy atom. The summed E-state index contributed by atoms with van der Waals surface area (Å²) in [6.45, 7) is 0. The van der Waals surface area contributed by atoms with Gasteiger partial charge in [-0.15, -0.1) is 0 Å². The summed E-state index contributed by atoms with van der Waals surface area (Å²) in [6, 6.07) is 7.27. The fourth-order valence-corrected chi connectivity index (χ4v) is 2.00. The molecule has 2 aromatic rings. The second-order valence-corrected chi connectivity index (χ2v) is 4.71. The molecule has 1 aromatic carbocycles. The fraction of sp³-hybridized carbons (Fsp3) is 0.333. The first-order chi connectivity index (χ1) is 8.25. The molecule has 0 spiro atoms. The molecule has 88 valence electrons. The minimum absolute atomic E-state index is 0.116. The average Bonchev–Trinajstić information content (AvgIpc) is 3.07. The van der Waals surface area contributed by atoms with Gasteiger partial charge >= 0.3 is 0 Å². The van der Waals surface area contributed by atoms with E-state index in [0.29, 0.717) is 22.7 Å². The van der Waals surface area contributed by atoms with E-state index in [9.17, 15) is 0 Å². The molecule has 1 aliphatic rings. The zero-order valence-electron chi connectivity index (χ0n) is 9.14. The number of rotatable bonds is 3. The summed E-state index contributed by atoms with van der Waals surface area (Å²) in [7, 11) is 0. The molecule has 2 N–H and O–H groups in total. The first-order valence-corrected chi connectivity index (χ1v) is 5.97. The van der Waals surface area contributed by atoms with Crippen LogP contribution in [0.4, 0.5) is 0 Å². The van der Waals surface area contributed by atoms with Crippen molar-refractivity contribution in [1.29, 1.82) is 0 Å². The molecule has 3 rings (SSSR count). The molecule has 1 unspecified atom stereocenters. The Hall–Kier alpha value is -1.39. The smallest absolute Gasteiger partial charge is 0.259 e. The number of hydrogen-bond acceptors (Lipinski definition) is 4. The summed E-state index contributed by atoms with van der Waals surface area (Å²) in [4.78, 5) is 4.32. The standard InChI is InChI=1S/C12H12ClN3O/c13-9-4-2-1-3-8(9)12-15-11(16-17-12)10(14)7-5-6-7/h1-4,7,10H,5-6,14H2. The number of hydrogen-bond donors (Lipinski definition) is 1. The number of nitrogens with zero attached hydrogens (tertiary/aromatic N) is 2. The maximum Gasteiger partial charge on any atom is 0.259 e. The van der Waals surface area contributed by atoms with Gasteiger partial charge in [0.25, 0.3) is 5.89 Å². The Bertz CT molecular complexity index is 536. The van der Waals surface area contributed by atoms with E-state index in [0.717, 1.165) is 18.4 Å². The van der Waals surface area contributed by atoms with Gasteiger partial charge in [-0.1, -0.05) is 28.9 Å². The van der Waals surface area contributed by atoms with E-state index in [1.807, 2.05) is 18.2 Å². The second-order valence-electron chi connectivity index (χ2n) is 4.30. The van der Waals surface area contributed by atoms with E-state index < -0.39 is 0 Å². The molecule has 17 heavy (non-hydrogen) atoms. The number of aromatic nitrogens is 2. The average molecular weight is 250 g/mol. The van der Waals surface area contributed by atoms with Crippen molar-refractivity contribution >= 4 is 11.6 Å². The largest absolute Gasteiger partial charge is 0.334 e. The third kappa shape index (κ3) is 2.06. The molecule has 1 atom stereocenters. The van der Waals surface area contributed by atoms with E-state index in [4.69, 9.17) is 21.9 Å². The van der Waals surface area contributed by atoms with Crippen LogP contribution >= 0.6 is 11.6 Å². The van der Waals surface area contributed by atoms with E-state index in [1.165, 1.54) is 0 Å². The predicted molar refractivity (Wildman–Crippen MR) is 64.4 cm³/mol. The summed E-state index contributed by atoms with van der Waals surface area (Å²) in [6.07, 6.45) is 2.30. The van der Waals surface area contributed by atoms with Crippen molar-refractivity contribution in [3.8, 4) is 11.5 Å². The maximum absolute atomic E-state index is 6.06. The van der Waals surface area contributed by atoms with Gasteiger partial charge in [0.05, 0.1) is 16.6 Å². The van der Waals surface area contributed by atoms with Crippen LogP contribution in [0.5, 0.6) is 0 Å². The summed E-state index contributed by atoms with van der Waals surface area (Å²) in [5, 5.41) is 4.52. The molecule has 1 heterocycles. The third-order valence-electron chi connectivity index (χ3n) is 2.97. The van der Waals surface area contributed by atoms with Gasteiger partial charge in [-0.25, -0.2) is 0 Å². The van der Waals surface area contributed by atoms with Crippen LogP contribution in [0.1, 0.15) is 24.7 Å². The molecule has 1 aliphatic carbocycles. The van der Waals surface area contributed by atoms with Crippen LogP contribution in [0.15, 0.2) is 28.8 Å². The lowest BCUT2D eigenvalue weighted by molar-refractivity contribution is 0.411. The predicted octanol–water partition coefficient (Wildman–Crippen LogP) is 2.80. The Balaban J connectivity index is 1.92. The van der Waals surface area contributed by atoms with Crippen LogP contribution in [0, 0.1) is 5.92 Å². The molecule has 1 fully saturated rings. The Morgan fingerprint density at radius 3 is 2.82 bits per heavy atom. The topological polar surface area (TPSA) is 64.9 Å². The minimum Gasteiger partial charge on any atom is -0.334 e. The molecule has 5 heteroatoms. The van der Waals surface area contributed by atoms with Crippen LogP contribution in [0.3, 0.4) is 0 Å². The molecule has 0 aliphatic heterocycles. The van der Waals surface area contributed by atoms with Gasteiger partial charge in [-0.3, -0.25) is 0 Å². The van der Waals surface area contributed by atoms with Gasteiger partial charge in [0.1, 0.15) is 0 Å². The van der Waals surface area contributed by atoms with Crippen LogP contribution in [-0.4, -0.2) is 10.1 Å². The second kappa shape index (κ2) is 4.13. The first-order valence-electron chi connectivity index (χ1n) is 5.60. The highest BCUT2D eigenvalue weighted by Gasteiger charge is 2.32. The number of halogens is 1. The van der Waals surface area contributed by atoms with E-state index in [-0.39, 0.29) is 6.04 Å². The van der Waals surface area contributed by atoms with Crippen molar-refractivity contribution in [2.24, 2.45) is 11.7 Å². The number of benzene rings is 1. The Morgan fingerprint density at radius 2 is 2.12 bits per heavy atom. The van der Waals surface area contributed by atoms with Crippen LogP contribution in [0.2, 0.25) is 5.02 Å². The molecular formula is C12H12ClN3O. The summed E-state index contributed by atoms with van der Waals surface area (Å²) in [5.41, 5.74) is 6.76. The zero-order valence-corrected chi connectivity index (χ0v) is 9.89. The summed E-state index contributed by atoms with van der Waals surface area (Å²) < 4.78 is 5.21. The third-order valence-corrected chi connectivity index (χ3v) is 3.30. The van der Waals surface area contributed by atoms with Crippen LogP contribution < -0.4 is 5.73 Å². The molecule has 4 nitrogen and oxygen atoms in total. The van der Waals surface area contributed by atoms with E-state index >= 15 is 0 Å². The number of nitrogens with two attached hydrogens (primary N) is 1. The van der Waals surface area contributed by atoms with Crippen molar-refractivity contribution in [3.63, 3.8) is 0 Å². The van der Waals surface area contributed by atoms with Crippen molar-refractivity contribution in [2.75, 3.05) is 0 Å². The van der Waals surface area contributed by atoms with Gasteiger partial charge in [0, 0.05) is 0 Å². The zero-order chi connectivity index (χ0) is 11.8. The SMILES string of the molecule is NC(c1noc(-c2ccccc2Cl)n1)C1CC1. The normalized spacial score (nSPS) is 17.1. The van der Waals surface area contributed by atoms with Crippen LogP contribution in [0.25, 0.3) is 11.5 Å². The van der Waals surface area contributed by atoms with Crippen molar-refractivity contribution in [3.05, 3.63) is 35.1 Å². The lowest BCUT2D eigenvalue weighted by atomic mass is 10.2. The fourth-order valence-electron chi connectivity index (χ4n) is 1.78. The van der Waals surface area contributed by atoms with Crippen LogP contribution in [-0.2, 0) is 0 Å². The molecule has 0 bridgehead atoms. The Kier molecular flexibility index (Phi) is 2.61. The highest BCUT2D eigenvalue weighted by atomic mass is 35.5. The molecular weight excluding hydrogens is 238 g/mol. The molecule has 0 saturated heterocycles. The highest BCUT2D eigenvalue weighted by molar-refractivity contribution is 6.33. The van der Waals surface area contributed by atoms with Crippen molar-refractivity contribution in [1.82, 2.24) is 10.1 Å². The Labute approximate surface area is 104 Å². The molecule has 0 amide bonds. The maximum atomic E-state index is 6.06. The van der Waals surface area contributed by atoms with Crippen molar-refractivity contribution < 1.29 is 4.52 Å². The van der Waals surface area contributed by atoms with Crippen molar-refractivity contribution in [2.45, 2.75) is 18.9 Å². The van der Waals surface area contributed by atoms with Gasteiger partial charge in [0.15, 0.2) is 5.82 Å². The highest BCUT2D eigenvalue weighted by Crippen LogP contribution is 2.39. The molecule has 1 saturated carbocycles. The van der Waals surface area contributed by atoms with Gasteiger partial charge in [-0.2, -0.15) is 4.98 Å². The summed E-state index contributed by atoms with van der Waals surface area (Å²) in [5.74, 6) is 1.51. The lowest BCUT2D eigenvalue weighted by Gasteiger charge is -2.01. The van der Waals surface area contributed by atoms with E-state index in [1.54, 1.807) is 6.07 Å². The van der Waals surface area contributed by atoms with Gasteiger partial charge in [0.2, 0.25) is 0 Å². The lowest BCUT2D eigenvalue weighted by Crippen LogP contribution is -2.13. The van der Waals surface area contributed by atoms with E-state index in [2.05, 4.69) is 10.1 Å². The monoisotopic (exact) mass is 249 g/mol. The molecule has 1 aromatic heterocycles. The summed E-state index contributed by atoms with van der Waals surface area (Å²) >= 11 is 6.06. The minimum atomic E-state index is -0.116. The first kappa shape index (κ1) is 10.7. The quantitative estimate of drug-likeness (QED) is 0.908.